The monoisotopic (exact) mass is 763 g/mol. The van der Waals surface area contributed by atoms with E-state index in [1.165, 1.54) is 212 Å². The minimum atomic E-state index is -0.694. The summed E-state index contributed by atoms with van der Waals surface area (Å²) in [5.74, 6) is -0.680. The lowest BCUT2D eigenvalue weighted by Gasteiger charge is -2.18. The molecule has 0 rings (SSSR count). The third kappa shape index (κ3) is 45.3. The van der Waals surface area contributed by atoms with Crippen LogP contribution in [0.4, 0.5) is 0 Å². The first-order valence-electron chi connectivity index (χ1n) is 25.0. The molecule has 0 aliphatic heterocycles. The molecule has 322 valence electrons. The van der Waals surface area contributed by atoms with E-state index in [1.54, 1.807) is 0 Å². The highest BCUT2D eigenvalue weighted by Gasteiger charge is 2.14. The van der Waals surface area contributed by atoms with Gasteiger partial charge in [0.15, 0.2) is 0 Å². The summed E-state index contributed by atoms with van der Waals surface area (Å²) in [6.07, 6.45) is 57.3. The van der Waals surface area contributed by atoms with Crippen LogP contribution < -0.4 is 0 Å². The molecule has 1 N–H and O–H groups in total. The molecule has 0 aliphatic carbocycles. The molecular weight excluding hydrogens is 665 g/mol. The topological polar surface area (TPSA) is 63.6 Å². The van der Waals surface area contributed by atoms with Gasteiger partial charge in [-0.2, -0.15) is 0 Å². The summed E-state index contributed by atoms with van der Waals surface area (Å²) in [6, 6.07) is 0. The molecule has 0 bridgehead atoms. The van der Waals surface area contributed by atoms with E-state index >= 15 is 0 Å². The number of aliphatic carboxylic acids is 1. The van der Waals surface area contributed by atoms with E-state index < -0.39 is 5.97 Å². The maximum atomic E-state index is 12.8. The van der Waals surface area contributed by atoms with Crippen LogP contribution in [0.15, 0.2) is 0 Å². The van der Waals surface area contributed by atoms with Gasteiger partial charge in [-0.05, 0) is 38.5 Å². The van der Waals surface area contributed by atoms with Crippen molar-refractivity contribution in [3.8, 4) is 0 Å². The molecule has 1 unspecified atom stereocenters. The number of carbonyl (C=O) groups excluding carboxylic acids is 1. The lowest BCUT2D eigenvalue weighted by Crippen LogP contribution is -2.18. The van der Waals surface area contributed by atoms with Gasteiger partial charge in [-0.1, -0.05) is 251 Å². The van der Waals surface area contributed by atoms with Crippen molar-refractivity contribution in [1.29, 1.82) is 0 Å². The molecule has 0 aromatic rings. The van der Waals surface area contributed by atoms with Gasteiger partial charge in [-0.3, -0.25) is 9.59 Å². The molecule has 0 aromatic heterocycles. The molecular formula is C50H98O4. The Morgan fingerprint density at radius 3 is 0.815 bits per heavy atom. The number of carboxylic acid groups (broad SMARTS) is 1. The second kappa shape index (κ2) is 46.3. The highest BCUT2D eigenvalue weighted by atomic mass is 16.5. The summed E-state index contributed by atoms with van der Waals surface area (Å²) in [4.78, 5) is 23.5. The van der Waals surface area contributed by atoms with Crippen molar-refractivity contribution >= 4 is 11.9 Å². The Morgan fingerprint density at radius 1 is 0.333 bits per heavy atom. The van der Waals surface area contributed by atoms with Gasteiger partial charge in [0, 0.05) is 12.8 Å². The van der Waals surface area contributed by atoms with Crippen molar-refractivity contribution < 1.29 is 19.4 Å². The summed E-state index contributed by atoms with van der Waals surface area (Å²) in [6.45, 7) is 4.58. The first kappa shape index (κ1) is 52.9. The van der Waals surface area contributed by atoms with Crippen LogP contribution >= 0.6 is 0 Å². The predicted molar refractivity (Wildman–Crippen MR) is 237 cm³/mol. The zero-order valence-electron chi connectivity index (χ0n) is 37.1. The van der Waals surface area contributed by atoms with E-state index in [4.69, 9.17) is 9.84 Å². The van der Waals surface area contributed by atoms with E-state index in [1.807, 2.05) is 0 Å². The summed E-state index contributed by atoms with van der Waals surface area (Å²) < 4.78 is 6.05. The molecule has 0 saturated carbocycles. The van der Waals surface area contributed by atoms with E-state index in [2.05, 4.69) is 13.8 Å². The van der Waals surface area contributed by atoms with Gasteiger partial charge in [0.1, 0.15) is 6.10 Å². The highest BCUT2D eigenvalue weighted by molar-refractivity contribution is 5.69. The fourth-order valence-corrected chi connectivity index (χ4v) is 8.13. The second-order valence-electron chi connectivity index (χ2n) is 17.4. The molecule has 54 heavy (non-hydrogen) atoms. The molecule has 0 aliphatic rings. The Balaban J connectivity index is 3.82. The minimum Gasteiger partial charge on any atom is -0.481 e. The average Bonchev–Trinajstić information content (AvgIpc) is 3.16. The van der Waals surface area contributed by atoms with Crippen molar-refractivity contribution in [3.05, 3.63) is 0 Å². The SMILES string of the molecule is CCCCCCCCCCCCCCCCCCCCCCCCCC(=O)OC(CCCCCCCCCCCCCCC)CCCCCCCC(=O)O. The predicted octanol–water partition coefficient (Wildman–Crippen LogP) is 17.6. The summed E-state index contributed by atoms with van der Waals surface area (Å²) in [7, 11) is 0. The van der Waals surface area contributed by atoms with Gasteiger partial charge in [0.2, 0.25) is 0 Å². The number of hydrogen-bond donors (Lipinski definition) is 1. The van der Waals surface area contributed by atoms with Gasteiger partial charge in [-0.15, -0.1) is 0 Å². The van der Waals surface area contributed by atoms with Crippen LogP contribution in [0.1, 0.15) is 303 Å². The molecule has 4 nitrogen and oxygen atoms in total. The maximum absolute atomic E-state index is 12.8. The summed E-state index contributed by atoms with van der Waals surface area (Å²) >= 11 is 0. The first-order valence-corrected chi connectivity index (χ1v) is 25.0. The van der Waals surface area contributed by atoms with Crippen molar-refractivity contribution in [3.63, 3.8) is 0 Å². The lowest BCUT2D eigenvalue weighted by atomic mass is 10.0. The van der Waals surface area contributed by atoms with Crippen LogP contribution in [0.5, 0.6) is 0 Å². The van der Waals surface area contributed by atoms with Crippen LogP contribution in [0, 0.1) is 0 Å². The molecule has 0 fully saturated rings. The van der Waals surface area contributed by atoms with Crippen LogP contribution in [0.2, 0.25) is 0 Å². The molecule has 0 radical (unpaired) electrons. The molecule has 0 saturated heterocycles. The fraction of sp³-hybridized carbons (Fsp3) is 0.960. The minimum absolute atomic E-state index is 0.0136. The Labute approximate surface area is 339 Å². The van der Waals surface area contributed by atoms with Gasteiger partial charge in [0.05, 0.1) is 0 Å². The number of ether oxygens (including phenoxy) is 1. The largest absolute Gasteiger partial charge is 0.481 e. The summed E-state index contributed by atoms with van der Waals surface area (Å²) in [5.41, 5.74) is 0. The van der Waals surface area contributed by atoms with Gasteiger partial charge < -0.3 is 9.84 Å². The molecule has 1 atom stereocenters. The first-order chi connectivity index (χ1) is 26.6. The van der Waals surface area contributed by atoms with Crippen molar-refractivity contribution in [2.45, 2.75) is 309 Å². The zero-order chi connectivity index (χ0) is 39.3. The lowest BCUT2D eigenvalue weighted by molar-refractivity contribution is -0.150. The van der Waals surface area contributed by atoms with Crippen molar-refractivity contribution in [2.75, 3.05) is 0 Å². The zero-order valence-corrected chi connectivity index (χ0v) is 37.1. The average molecular weight is 763 g/mol. The van der Waals surface area contributed by atoms with Crippen LogP contribution in [-0.4, -0.2) is 23.1 Å². The molecule has 0 heterocycles. The Hall–Kier alpha value is -1.06. The Bertz CT molecular complexity index is 736. The number of hydrogen-bond acceptors (Lipinski definition) is 3. The number of carbonyl (C=O) groups is 2. The molecule has 0 aromatic carbocycles. The van der Waals surface area contributed by atoms with E-state index in [0.29, 0.717) is 6.42 Å². The third-order valence-corrected chi connectivity index (χ3v) is 11.8. The van der Waals surface area contributed by atoms with E-state index in [-0.39, 0.29) is 18.5 Å². The standard InChI is InChI=1S/C50H98O4/c1-3-5-7-9-11-13-15-17-18-19-20-21-22-23-24-25-26-28-30-32-34-39-43-47-50(53)54-48(45-41-37-35-38-42-46-49(51)52)44-40-36-33-31-29-27-16-14-12-10-8-6-4-2/h48H,3-47H2,1-2H3,(H,51,52). The quantitative estimate of drug-likeness (QED) is 0.0495. The van der Waals surface area contributed by atoms with Crippen LogP contribution in [0.25, 0.3) is 0 Å². The van der Waals surface area contributed by atoms with Crippen LogP contribution in [-0.2, 0) is 14.3 Å². The fourth-order valence-electron chi connectivity index (χ4n) is 8.13. The van der Waals surface area contributed by atoms with E-state index in [0.717, 1.165) is 64.2 Å². The number of esters is 1. The maximum Gasteiger partial charge on any atom is 0.306 e. The number of unbranched alkanes of at least 4 members (excludes halogenated alkanes) is 38. The highest BCUT2D eigenvalue weighted by Crippen LogP contribution is 2.20. The smallest absolute Gasteiger partial charge is 0.306 e. The normalized spacial score (nSPS) is 12.0. The van der Waals surface area contributed by atoms with Gasteiger partial charge in [0.25, 0.3) is 0 Å². The number of carboxylic acids is 1. The van der Waals surface area contributed by atoms with Gasteiger partial charge >= 0.3 is 11.9 Å². The molecule has 0 spiro atoms. The van der Waals surface area contributed by atoms with E-state index in [9.17, 15) is 9.59 Å². The Kier molecular flexibility index (Phi) is 45.4. The Morgan fingerprint density at radius 2 is 0.556 bits per heavy atom. The van der Waals surface area contributed by atoms with Crippen molar-refractivity contribution in [2.24, 2.45) is 0 Å². The number of rotatable bonds is 47. The molecule has 4 heteroatoms. The van der Waals surface area contributed by atoms with Crippen molar-refractivity contribution in [1.82, 2.24) is 0 Å². The molecule has 0 amide bonds. The second-order valence-corrected chi connectivity index (χ2v) is 17.4. The van der Waals surface area contributed by atoms with Gasteiger partial charge in [-0.25, -0.2) is 0 Å². The van der Waals surface area contributed by atoms with Crippen LogP contribution in [0.3, 0.4) is 0 Å². The summed E-state index contributed by atoms with van der Waals surface area (Å²) in [5, 5.41) is 8.86. The third-order valence-electron chi connectivity index (χ3n) is 11.8.